The maximum absolute atomic E-state index is 12.8. The van der Waals surface area contributed by atoms with Gasteiger partial charge < -0.3 is 15.4 Å². The molecule has 24 heavy (non-hydrogen) atoms. The van der Waals surface area contributed by atoms with E-state index in [1.807, 2.05) is 31.2 Å². The number of para-hydroxylation sites is 1. The first-order valence-corrected chi connectivity index (χ1v) is 7.95. The van der Waals surface area contributed by atoms with Crippen molar-refractivity contribution in [2.45, 2.75) is 32.4 Å². The number of benzene rings is 2. The van der Waals surface area contributed by atoms with Crippen LogP contribution in [0.5, 0.6) is 5.75 Å². The third kappa shape index (κ3) is 2.97. The third-order valence-electron chi connectivity index (χ3n) is 4.24. The summed E-state index contributed by atoms with van der Waals surface area (Å²) in [6.07, 6.45) is 0.222. The number of rotatable bonds is 4. The Morgan fingerprint density at radius 2 is 1.83 bits per heavy atom. The minimum Gasteiger partial charge on any atom is -0.481 e. The number of fused-ring (bicyclic) bond motifs is 1. The first-order chi connectivity index (χ1) is 11.5. The maximum atomic E-state index is 12.8. The summed E-state index contributed by atoms with van der Waals surface area (Å²) in [5, 5.41) is 0. The quantitative estimate of drug-likeness (QED) is 0.939. The lowest BCUT2D eigenvalue weighted by atomic mass is 10.1. The van der Waals surface area contributed by atoms with Gasteiger partial charge in [0.1, 0.15) is 5.75 Å². The summed E-state index contributed by atoms with van der Waals surface area (Å²) in [6.45, 7) is 3.77. The normalized spacial score (nSPS) is 17.2. The van der Waals surface area contributed by atoms with Crippen LogP contribution < -0.4 is 15.4 Å². The van der Waals surface area contributed by atoms with Crippen LogP contribution in [0, 0.1) is 0 Å². The molecule has 0 aliphatic carbocycles. The van der Waals surface area contributed by atoms with Crippen molar-refractivity contribution in [2.24, 2.45) is 5.73 Å². The smallest absolute Gasteiger partial charge is 0.268 e. The molecule has 0 radical (unpaired) electrons. The van der Waals surface area contributed by atoms with E-state index >= 15 is 0 Å². The zero-order valence-electron chi connectivity index (χ0n) is 13.7. The van der Waals surface area contributed by atoms with E-state index in [-0.39, 0.29) is 11.9 Å². The summed E-state index contributed by atoms with van der Waals surface area (Å²) in [4.78, 5) is 25.7. The molecule has 5 heteroatoms. The van der Waals surface area contributed by atoms with Crippen molar-refractivity contribution < 1.29 is 14.3 Å². The number of ether oxygens (including phenoxy) is 1. The first-order valence-electron chi connectivity index (χ1n) is 7.95. The number of primary amides is 1. The molecule has 1 aliphatic rings. The van der Waals surface area contributed by atoms with Crippen LogP contribution >= 0.6 is 0 Å². The zero-order valence-corrected chi connectivity index (χ0v) is 13.7. The van der Waals surface area contributed by atoms with E-state index in [2.05, 4.69) is 0 Å². The average molecular weight is 324 g/mol. The summed E-state index contributed by atoms with van der Waals surface area (Å²) >= 11 is 0. The molecule has 124 valence electrons. The van der Waals surface area contributed by atoms with E-state index in [1.54, 1.807) is 36.1 Å². The number of carbonyl (C=O) groups is 2. The van der Waals surface area contributed by atoms with Gasteiger partial charge in [-0.05, 0) is 56.2 Å². The second-order valence-electron chi connectivity index (χ2n) is 6.04. The molecule has 5 nitrogen and oxygen atoms in total. The number of nitrogens with two attached hydrogens (primary N) is 1. The highest BCUT2D eigenvalue weighted by molar-refractivity contribution is 5.99. The molecule has 1 aliphatic heterocycles. The van der Waals surface area contributed by atoms with Crippen molar-refractivity contribution in [1.29, 1.82) is 0 Å². The lowest BCUT2D eigenvalue weighted by Gasteiger charge is -2.26. The molecular formula is C19H20N2O3. The predicted octanol–water partition coefficient (Wildman–Crippen LogP) is 2.53. The van der Waals surface area contributed by atoms with Crippen LogP contribution in [0.15, 0.2) is 48.5 Å². The van der Waals surface area contributed by atoms with Gasteiger partial charge in [0.05, 0.1) is 0 Å². The molecule has 2 amide bonds. The van der Waals surface area contributed by atoms with Gasteiger partial charge >= 0.3 is 0 Å². The Kier molecular flexibility index (Phi) is 4.25. The second kappa shape index (κ2) is 6.35. The SMILES string of the molecule is CC(Oc1ccc(C(N)=O)cc1)C(=O)N1c2ccccc2CC1C. The fourth-order valence-corrected chi connectivity index (χ4v) is 3.05. The van der Waals surface area contributed by atoms with Gasteiger partial charge in [0, 0.05) is 17.3 Å². The molecule has 0 spiro atoms. The number of nitrogens with zero attached hydrogens (tertiary/aromatic N) is 1. The van der Waals surface area contributed by atoms with Crippen molar-refractivity contribution in [3.8, 4) is 5.75 Å². The van der Waals surface area contributed by atoms with Crippen LogP contribution in [0.1, 0.15) is 29.8 Å². The number of hydrogen-bond donors (Lipinski definition) is 1. The number of anilines is 1. The maximum Gasteiger partial charge on any atom is 0.268 e. The zero-order chi connectivity index (χ0) is 17.3. The monoisotopic (exact) mass is 324 g/mol. The van der Waals surface area contributed by atoms with Gasteiger partial charge in [-0.15, -0.1) is 0 Å². The average Bonchev–Trinajstić information content (AvgIpc) is 2.90. The van der Waals surface area contributed by atoms with E-state index in [1.165, 1.54) is 5.56 Å². The van der Waals surface area contributed by atoms with Crippen molar-refractivity contribution in [3.63, 3.8) is 0 Å². The highest BCUT2D eigenvalue weighted by atomic mass is 16.5. The molecule has 0 saturated heterocycles. The molecule has 0 bridgehead atoms. The lowest BCUT2D eigenvalue weighted by molar-refractivity contribution is -0.124. The number of carbonyl (C=O) groups excluding carboxylic acids is 2. The molecule has 2 N–H and O–H groups in total. The van der Waals surface area contributed by atoms with Crippen LogP contribution in [0.3, 0.4) is 0 Å². The van der Waals surface area contributed by atoms with E-state index in [0.29, 0.717) is 11.3 Å². The minimum absolute atomic E-state index is 0.0774. The van der Waals surface area contributed by atoms with Crippen molar-refractivity contribution in [2.75, 3.05) is 4.90 Å². The largest absolute Gasteiger partial charge is 0.481 e. The molecular weight excluding hydrogens is 304 g/mol. The molecule has 2 unspecified atom stereocenters. The van der Waals surface area contributed by atoms with Gasteiger partial charge in [-0.3, -0.25) is 9.59 Å². The summed E-state index contributed by atoms with van der Waals surface area (Å²) in [7, 11) is 0. The van der Waals surface area contributed by atoms with E-state index in [0.717, 1.165) is 12.1 Å². The molecule has 2 aromatic carbocycles. The molecule has 2 aromatic rings. The fourth-order valence-electron chi connectivity index (χ4n) is 3.05. The Morgan fingerprint density at radius 1 is 1.17 bits per heavy atom. The fraction of sp³-hybridized carbons (Fsp3) is 0.263. The van der Waals surface area contributed by atoms with Gasteiger partial charge in [0.15, 0.2) is 6.10 Å². The Hall–Kier alpha value is -2.82. The van der Waals surface area contributed by atoms with Crippen LogP contribution in [0.4, 0.5) is 5.69 Å². The Labute approximate surface area is 141 Å². The van der Waals surface area contributed by atoms with Gasteiger partial charge in [-0.25, -0.2) is 0 Å². The molecule has 0 fully saturated rings. The van der Waals surface area contributed by atoms with Crippen LogP contribution in [0.2, 0.25) is 0 Å². The Balaban J connectivity index is 1.74. The number of hydrogen-bond acceptors (Lipinski definition) is 3. The van der Waals surface area contributed by atoms with Gasteiger partial charge in [0.25, 0.3) is 5.91 Å². The number of amides is 2. The first kappa shape index (κ1) is 16.1. The van der Waals surface area contributed by atoms with Crippen molar-refractivity contribution in [3.05, 3.63) is 59.7 Å². The third-order valence-corrected chi connectivity index (χ3v) is 4.24. The van der Waals surface area contributed by atoms with Crippen molar-refractivity contribution in [1.82, 2.24) is 0 Å². The highest BCUT2D eigenvalue weighted by Crippen LogP contribution is 2.32. The molecule has 0 saturated carbocycles. The van der Waals surface area contributed by atoms with E-state index < -0.39 is 12.0 Å². The summed E-state index contributed by atoms with van der Waals surface area (Å²) in [6, 6.07) is 14.5. The van der Waals surface area contributed by atoms with Crippen molar-refractivity contribution >= 4 is 17.5 Å². The van der Waals surface area contributed by atoms with E-state index in [4.69, 9.17) is 10.5 Å². The van der Waals surface area contributed by atoms with Crippen LogP contribution in [-0.4, -0.2) is 24.0 Å². The van der Waals surface area contributed by atoms with Gasteiger partial charge in [0.2, 0.25) is 5.91 Å². The molecule has 1 heterocycles. The molecule has 2 atom stereocenters. The second-order valence-corrected chi connectivity index (χ2v) is 6.04. The minimum atomic E-state index is -0.627. The summed E-state index contributed by atoms with van der Waals surface area (Å²) in [5.41, 5.74) is 7.75. The Bertz CT molecular complexity index is 770. The van der Waals surface area contributed by atoms with Crippen LogP contribution in [-0.2, 0) is 11.2 Å². The topological polar surface area (TPSA) is 72.6 Å². The van der Waals surface area contributed by atoms with E-state index in [9.17, 15) is 9.59 Å². The van der Waals surface area contributed by atoms with Crippen LogP contribution in [0.25, 0.3) is 0 Å². The predicted molar refractivity (Wildman–Crippen MR) is 92.1 cm³/mol. The lowest BCUT2D eigenvalue weighted by Crippen LogP contribution is -2.43. The van der Waals surface area contributed by atoms with Gasteiger partial charge in [-0.1, -0.05) is 18.2 Å². The molecule has 3 rings (SSSR count). The standard InChI is InChI=1S/C19H20N2O3/c1-12-11-15-5-3-4-6-17(15)21(12)19(23)13(2)24-16-9-7-14(8-10-16)18(20)22/h3-10,12-13H,11H2,1-2H3,(H2,20,22). The summed E-state index contributed by atoms with van der Waals surface area (Å²) in [5.74, 6) is -0.0411. The van der Waals surface area contributed by atoms with Gasteiger partial charge in [-0.2, -0.15) is 0 Å². The molecule has 0 aromatic heterocycles. The summed E-state index contributed by atoms with van der Waals surface area (Å²) < 4.78 is 5.74. The Morgan fingerprint density at radius 3 is 2.50 bits per heavy atom. The highest BCUT2D eigenvalue weighted by Gasteiger charge is 2.33.